The van der Waals surface area contributed by atoms with E-state index in [0.717, 1.165) is 22.5 Å². The van der Waals surface area contributed by atoms with E-state index in [0.29, 0.717) is 16.8 Å². The van der Waals surface area contributed by atoms with Crippen molar-refractivity contribution in [1.82, 2.24) is 9.97 Å². The highest BCUT2D eigenvalue weighted by molar-refractivity contribution is 7.17. The highest BCUT2D eigenvalue weighted by Crippen LogP contribution is 2.44. The van der Waals surface area contributed by atoms with Gasteiger partial charge in [0, 0.05) is 18.0 Å². The number of aromatic nitrogens is 2. The third-order valence-corrected chi connectivity index (χ3v) is 6.74. The summed E-state index contributed by atoms with van der Waals surface area (Å²) in [4.78, 5) is 49.0. The summed E-state index contributed by atoms with van der Waals surface area (Å²) in [6.07, 6.45) is 4.55. The Balaban J connectivity index is 1.90. The number of benzene rings is 1. The molecule has 1 amide bonds. The molecule has 1 fully saturated rings. The number of amides is 1. The highest BCUT2D eigenvalue weighted by atomic mass is 32.1. The molecule has 1 aliphatic rings. The molecule has 1 aliphatic heterocycles. The number of anilines is 1. The molecule has 3 aromatic rings. The first-order valence-corrected chi connectivity index (χ1v) is 11.6. The number of rotatable bonds is 6. The Morgan fingerprint density at radius 1 is 1.26 bits per heavy atom. The predicted octanol–water partition coefficient (Wildman–Crippen LogP) is 4.43. The lowest BCUT2D eigenvalue weighted by Crippen LogP contribution is -2.29. The molecule has 0 saturated carbocycles. The number of thiazole rings is 1. The molecule has 3 heterocycles. The first-order chi connectivity index (χ1) is 16.7. The summed E-state index contributed by atoms with van der Waals surface area (Å²) in [7, 11) is 0. The lowest BCUT2D eigenvalue weighted by Gasteiger charge is -2.22. The quantitative estimate of drug-likeness (QED) is 0.179. The van der Waals surface area contributed by atoms with E-state index in [1.54, 1.807) is 31.3 Å². The second kappa shape index (κ2) is 9.63. The fraction of sp³-hybridized carbons (Fsp3) is 0.192. The maximum atomic E-state index is 13.3. The van der Waals surface area contributed by atoms with E-state index < -0.39 is 23.7 Å². The van der Waals surface area contributed by atoms with E-state index >= 15 is 0 Å². The lowest BCUT2D eigenvalue weighted by molar-refractivity contribution is -0.132. The van der Waals surface area contributed by atoms with Gasteiger partial charge in [-0.15, -0.1) is 0 Å². The summed E-state index contributed by atoms with van der Waals surface area (Å²) < 4.78 is 5.12. The molecular formula is C26H23N3O5S. The maximum absolute atomic E-state index is 13.3. The van der Waals surface area contributed by atoms with Gasteiger partial charge in [0.15, 0.2) is 5.13 Å². The zero-order chi connectivity index (χ0) is 25.3. The van der Waals surface area contributed by atoms with Crippen LogP contribution < -0.4 is 4.90 Å². The number of pyridine rings is 1. The van der Waals surface area contributed by atoms with Gasteiger partial charge >= 0.3 is 11.9 Å². The molecule has 2 aromatic heterocycles. The third kappa shape index (κ3) is 4.38. The van der Waals surface area contributed by atoms with E-state index in [1.807, 2.05) is 26.0 Å². The molecule has 9 heteroatoms. The topological polar surface area (TPSA) is 110 Å². The molecule has 0 radical (unpaired) electrons. The second-order valence-electron chi connectivity index (χ2n) is 8.07. The molecule has 1 N–H and O–H groups in total. The lowest BCUT2D eigenvalue weighted by atomic mass is 9.94. The van der Waals surface area contributed by atoms with Crippen molar-refractivity contribution in [2.24, 2.45) is 0 Å². The van der Waals surface area contributed by atoms with Gasteiger partial charge in [0.1, 0.15) is 17.2 Å². The van der Waals surface area contributed by atoms with Crippen LogP contribution in [0.3, 0.4) is 0 Å². The average molecular weight is 490 g/mol. The molecule has 1 saturated heterocycles. The standard InChI is InChI=1S/C26H23N3O5S/c1-5-11-34-25(33)23-16(4)28-26(35-23)29-20(17-7-6-10-27-13-17)19(22(31)24(29)32)21(30)18-12-14(2)8-9-15(18)3/h5-10,12-13,20,30H,1,11H2,2-4H3/b21-19+. The number of hydrogen-bond donors (Lipinski definition) is 1. The number of esters is 1. The van der Waals surface area contributed by atoms with Crippen LogP contribution >= 0.6 is 11.3 Å². The number of aliphatic hydroxyl groups is 1. The smallest absolute Gasteiger partial charge is 0.350 e. The number of ketones is 1. The highest BCUT2D eigenvalue weighted by Gasteiger charge is 2.48. The van der Waals surface area contributed by atoms with Gasteiger partial charge in [0.2, 0.25) is 0 Å². The number of aryl methyl sites for hydroxylation is 3. The Kier molecular flexibility index (Phi) is 6.61. The monoisotopic (exact) mass is 489 g/mol. The number of Topliss-reactive ketones (excluding diaryl/α,β-unsaturated/α-hetero) is 1. The third-order valence-electron chi connectivity index (χ3n) is 5.60. The van der Waals surface area contributed by atoms with Gasteiger partial charge in [-0.2, -0.15) is 0 Å². The Morgan fingerprint density at radius 3 is 2.71 bits per heavy atom. The number of carbonyl (C=O) groups excluding carboxylic acids is 3. The average Bonchev–Trinajstić information content (AvgIpc) is 3.36. The van der Waals surface area contributed by atoms with Crippen LogP contribution in [0.25, 0.3) is 5.76 Å². The molecular weight excluding hydrogens is 466 g/mol. The minimum Gasteiger partial charge on any atom is -0.507 e. The first-order valence-electron chi connectivity index (χ1n) is 10.8. The minimum absolute atomic E-state index is 0.0293. The van der Waals surface area contributed by atoms with E-state index in [4.69, 9.17) is 4.74 Å². The summed E-state index contributed by atoms with van der Waals surface area (Å²) in [5.74, 6) is -2.58. The van der Waals surface area contributed by atoms with E-state index in [9.17, 15) is 19.5 Å². The van der Waals surface area contributed by atoms with Gasteiger partial charge < -0.3 is 9.84 Å². The van der Waals surface area contributed by atoms with Crippen molar-refractivity contribution in [3.8, 4) is 0 Å². The van der Waals surface area contributed by atoms with E-state index in [1.165, 1.54) is 17.2 Å². The fourth-order valence-electron chi connectivity index (χ4n) is 3.89. The molecule has 35 heavy (non-hydrogen) atoms. The van der Waals surface area contributed by atoms with Gasteiger partial charge in [0.05, 0.1) is 17.3 Å². The van der Waals surface area contributed by atoms with Gasteiger partial charge in [-0.3, -0.25) is 19.5 Å². The number of nitrogens with zero attached hydrogens (tertiary/aromatic N) is 3. The van der Waals surface area contributed by atoms with Gasteiger partial charge in [-0.25, -0.2) is 9.78 Å². The van der Waals surface area contributed by atoms with Crippen LogP contribution in [0.5, 0.6) is 0 Å². The number of carbonyl (C=O) groups is 3. The summed E-state index contributed by atoms with van der Waals surface area (Å²) in [5, 5.41) is 11.5. The van der Waals surface area contributed by atoms with Crippen molar-refractivity contribution in [2.75, 3.05) is 11.5 Å². The first kappa shape index (κ1) is 24.0. The molecule has 0 spiro atoms. The summed E-state index contributed by atoms with van der Waals surface area (Å²) in [5.41, 5.74) is 2.91. The van der Waals surface area contributed by atoms with Crippen LogP contribution in [0, 0.1) is 20.8 Å². The fourth-order valence-corrected chi connectivity index (χ4v) is 4.88. The SMILES string of the molecule is C=CCOC(=O)c1sc(N2C(=O)C(=O)/C(=C(/O)c3cc(C)ccc3C)C2c2cccnc2)nc1C. The minimum atomic E-state index is -0.980. The maximum Gasteiger partial charge on any atom is 0.350 e. The molecule has 4 rings (SSSR count). The molecule has 178 valence electrons. The largest absolute Gasteiger partial charge is 0.507 e. The molecule has 0 aliphatic carbocycles. The van der Waals surface area contributed by atoms with Crippen molar-refractivity contribution >= 4 is 39.9 Å². The van der Waals surface area contributed by atoms with Crippen molar-refractivity contribution in [3.05, 3.63) is 93.8 Å². The van der Waals surface area contributed by atoms with Gasteiger partial charge in [-0.05, 0) is 44.0 Å². The predicted molar refractivity (Wildman–Crippen MR) is 132 cm³/mol. The molecule has 0 bridgehead atoms. The van der Waals surface area contributed by atoms with Crippen LogP contribution in [0.4, 0.5) is 5.13 Å². The Bertz CT molecular complexity index is 1380. The van der Waals surface area contributed by atoms with Crippen molar-refractivity contribution in [3.63, 3.8) is 0 Å². The Hall–Kier alpha value is -4.11. The van der Waals surface area contributed by atoms with Gasteiger partial charge in [0.25, 0.3) is 5.78 Å². The van der Waals surface area contributed by atoms with Gasteiger partial charge in [-0.1, -0.05) is 47.8 Å². The molecule has 1 unspecified atom stereocenters. The van der Waals surface area contributed by atoms with Crippen molar-refractivity contribution in [1.29, 1.82) is 0 Å². The molecule has 8 nitrogen and oxygen atoms in total. The normalized spacial score (nSPS) is 17.0. The van der Waals surface area contributed by atoms with Crippen LogP contribution in [0.1, 0.15) is 43.7 Å². The van der Waals surface area contributed by atoms with Crippen LogP contribution in [-0.4, -0.2) is 39.3 Å². The van der Waals surface area contributed by atoms with Crippen molar-refractivity contribution in [2.45, 2.75) is 26.8 Å². The zero-order valence-electron chi connectivity index (χ0n) is 19.4. The molecule has 1 atom stereocenters. The van der Waals surface area contributed by atoms with Crippen LogP contribution in [-0.2, 0) is 14.3 Å². The van der Waals surface area contributed by atoms with Crippen molar-refractivity contribution < 1.29 is 24.2 Å². The number of ether oxygens (including phenoxy) is 1. The zero-order valence-corrected chi connectivity index (χ0v) is 20.3. The number of hydrogen-bond acceptors (Lipinski definition) is 8. The van der Waals surface area contributed by atoms with E-state index in [2.05, 4.69) is 16.5 Å². The summed E-state index contributed by atoms with van der Waals surface area (Å²) >= 11 is 0.943. The van der Waals surface area contributed by atoms with Crippen LogP contribution in [0.2, 0.25) is 0 Å². The van der Waals surface area contributed by atoms with Crippen LogP contribution in [0.15, 0.2) is 61.0 Å². The van der Waals surface area contributed by atoms with E-state index in [-0.39, 0.29) is 27.9 Å². The Labute approximate surface area is 206 Å². The second-order valence-corrected chi connectivity index (χ2v) is 9.05. The Morgan fingerprint density at radius 2 is 2.03 bits per heavy atom. The molecule has 1 aromatic carbocycles. The summed E-state index contributed by atoms with van der Waals surface area (Å²) in [6.45, 7) is 8.86. The summed E-state index contributed by atoms with van der Waals surface area (Å²) in [6, 6.07) is 7.91. The number of aliphatic hydroxyl groups excluding tert-OH is 1.